The van der Waals surface area contributed by atoms with Crippen LogP contribution < -0.4 is 0 Å². The molecule has 3 fully saturated rings. The van der Waals surface area contributed by atoms with Gasteiger partial charge in [0.15, 0.2) is 5.78 Å². The number of carbonyl (C=O) groups is 1. The summed E-state index contributed by atoms with van der Waals surface area (Å²) >= 11 is 7.39. The number of halogens is 3. The van der Waals surface area contributed by atoms with Crippen molar-refractivity contribution in [3.63, 3.8) is 0 Å². The molecule has 1 saturated heterocycles. The first-order chi connectivity index (χ1) is 17.2. The molecule has 214 valence electrons. The first-order valence-electron chi connectivity index (χ1n) is 12.2. The number of methoxy groups -OCH3 is 5. The van der Waals surface area contributed by atoms with Crippen LogP contribution in [-0.2, 0) is 38.1 Å². The molecule has 1 heterocycles. The van der Waals surface area contributed by atoms with Crippen LogP contribution in [0.5, 0.6) is 0 Å². The van der Waals surface area contributed by atoms with Gasteiger partial charge in [-0.1, -0.05) is 13.8 Å². The zero-order valence-corrected chi connectivity index (χ0v) is 30.8. The summed E-state index contributed by atoms with van der Waals surface area (Å²) in [4.78, 5) is 14.3. The molecule has 4 aliphatic rings. The predicted molar refractivity (Wildman–Crippen MR) is 162 cm³/mol. The first-order valence-corrected chi connectivity index (χ1v) is 25.7. The third-order valence-electron chi connectivity index (χ3n) is 9.79. The summed E-state index contributed by atoms with van der Waals surface area (Å²) in [5.74, 6) is -0.555. The number of aliphatic hydroxyl groups is 1. The standard InChI is InChI=1S/C25H40O8.3HI.V/c1-13-14(26)11-25(32-9)21(30-7)19-23(4,20(27)18(29-6)17(13)22(25,2)3)15(28-5)10-16-24(19,31-8)12-33-16;;;;/h14-16,18-19,21,26H,10-12H2,1-9H3;3*1H;/q;;;;+3/p-3. The molecule has 12 heteroatoms. The Balaban J connectivity index is 0.000000886. The number of aliphatic hydroxyl groups excluding tert-OH is 1. The molecular formula is C25H40I3O8V. The van der Waals surface area contributed by atoms with Gasteiger partial charge >= 0.3 is 64.9 Å². The van der Waals surface area contributed by atoms with Crippen molar-refractivity contribution in [2.75, 3.05) is 42.2 Å². The Hall–Kier alpha value is 1.90. The number of fused-ring (bicyclic) bond motifs is 5. The fraction of sp³-hybridized carbons (Fsp3) is 0.880. The van der Waals surface area contributed by atoms with Gasteiger partial charge in [-0.3, -0.25) is 4.79 Å². The number of carbonyl (C=O) groups excluding carboxylic acids is 1. The van der Waals surface area contributed by atoms with E-state index in [2.05, 4.69) is 73.8 Å². The molecule has 9 atom stereocenters. The maximum atomic E-state index is 14.6. The van der Waals surface area contributed by atoms with Crippen LogP contribution in [0.2, 0.25) is 0 Å². The average molecular weight is 900 g/mol. The van der Waals surface area contributed by atoms with Gasteiger partial charge < -0.3 is 33.5 Å². The second kappa shape index (κ2) is 12.3. The van der Waals surface area contributed by atoms with Crippen LogP contribution in [0.15, 0.2) is 11.1 Å². The van der Waals surface area contributed by atoms with Crippen LogP contribution >= 0.6 is 59.9 Å². The van der Waals surface area contributed by atoms with Crippen molar-refractivity contribution in [2.24, 2.45) is 16.7 Å². The summed E-state index contributed by atoms with van der Waals surface area (Å²) in [6.45, 7) is 8.29. The molecule has 1 N–H and O–H groups in total. The van der Waals surface area contributed by atoms with Crippen LogP contribution in [0.1, 0.15) is 40.5 Å². The Morgan fingerprint density at radius 3 is 2.00 bits per heavy atom. The number of Topliss-reactive ketones (excluding diaryl/α,β-unsaturated/α-hetero) is 1. The molecule has 0 aromatic heterocycles. The minimum atomic E-state index is -1.01. The average Bonchev–Trinajstić information content (AvgIpc) is 2.82. The Labute approximate surface area is 258 Å². The SMILES string of the molecule is COC1C(=O)C2(C)C(OC)CC3OCC3(OC)C2C(OC)C2(OC)CC(O)C(C)=C1C2(C)C.[I][V]([I])[I]. The monoisotopic (exact) mass is 900 g/mol. The van der Waals surface area contributed by atoms with Crippen molar-refractivity contribution in [1.82, 2.24) is 0 Å². The second-order valence-corrected chi connectivity index (χ2v) is 46.4. The zero-order chi connectivity index (χ0) is 28.1. The van der Waals surface area contributed by atoms with Crippen LogP contribution in [0.25, 0.3) is 0 Å². The van der Waals surface area contributed by atoms with E-state index in [1.165, 1.54) is 0 Å². The van der Waals surface area contributed by atoms with E-state index in [0.29, 0.717) is 19.4 Å². The van der Waals surface area contributed by atoms with Gasteiger partial charge in [0.1, 0.15) is 17.3 Å². The molecule has 3 aliphatic carbocycles. The molecule has 0 aromatic rings. The summed E-state index contributed by atoms with van der Waals surface area (Å²) in [6.07, 6.45) is -2.07. The van der Waals surface area contributed by atoms with Gasteiger partial charge in [0.05, 0.1) is 36.4 Å². The van der Waals surface area contributed by atoms with Gasteiger partial charge in [0.25, 0.3) is 0 Å². The van der Waals surface area contributed by atoms with Crippen LogP contribution in [0.3, 0.4) is 0 Å². The normalized spacial score (nSPS) is 44.6. The van der Waals surface area contributed by atoms with Gasteiger partial charge in [0.2, 0.25) is 0 Å². The second-order valence-electron chi connectivity index (χ2n) is 11.0. The van der Waals surface area contributed by atoms with Gasteiger partial charge in [-0.2, -0.15) is 0 Å². The quantitative estimate of drug-likeness (QED) is 0.318. The Bertz CT molecular complexity index is 896. The maximum absolute atomic E-state index is 14.6. The third kappa shape index (κ3) is 4.90. The van der Waals surface area contributed by atoms with Crippen molar-refractivity contribution in [1.29, 1.82) is 0 Å². The van der Waals surface area contributed by atoms with Crippen molar-refractivity contribution in [3.05, 3.63) is 11.1 Å². The molecule has 2 bridgehead atoms. The van der Waals surface area contributed by atoms with E-state index >= 15 is 0 Å². The first kappa shape index (κ1) is 33.4. The Morgan fingerprint density at radius 1 is 1.00 bits per heavy atom. The van der Waals surface area contributed by atoms with Crippen LogP contribution in [0.4, 0.5) is 0 Å². The van der Waals surface area contributed by atoms with Gasteiger partial charge in [0, 0.05) is 59.7 Å². The van der Waals surface area contributed by atoms with Gasteiger partial charge in [-0.25, -0.2) is 0 Å². The number of hydrogen-bond donors (Lipinski definition) is 1. The van der Waals surface area contributed by atoms with Gasteiger partial charge in [-0.15, -0.1) is 0 Å². The van der Waals surface area contributed by atoms with Crippen LogP contribution in [-0.4, -0.2) is 94.8 Å². The topological polar surface area (TPSA) is 92.7 Å². The van der Waals surface area contributed by atoms with E-state index in [1.54, 1.807) is 35.5 Å². The molecule has 1 aliphatic heterocycles. The molecule has 9 unspecified atom stereocenters. The minimum absolute atomic E-state index is 0.0908. The summed E-state index contributed by atoms with van der Waals surface area (Å²) < 4.78 is 36.8. The Morgan fingerprint density at radius 2 is 1.59 bits per heavy atom. The fourth-order valence-corrected chi connectivity index (χ4v) is 7.90. The molecule has 0 aromatic carbocycles. The van der Waals surface area contributed by atoms with Crippen molar-refractivity contribution in [3.8, 4) is 0 Å². The van der Waals surface area contributed by atoms with E-state index < -0.39 is 52.4 Å². The molecule has 0 amide bonds. The van der Waals surface area contributed by atoms with E-state index in [4.69, 9.17) is 28.4 Å². The zero-order valence-electron chi connectivity index (χ0n) is 23.0. The third-order valence-corrected chi connectivity index (χ3v) is 9.79. The predicted octanol–water partition coefficient (Wildman–Crippen LogP) is 4.57. The van der Waals surface area contributed by atoms with E-state index in [-0.39, 0.29) is 16.8 Å². The summed E-state index contributed by atoms with van der Waals surface area (Å²) in [7, 11) is 8.16. The van der Waals surface area contributed by atoms with E-state index in [0.717, 1.165) is 11.1 Å². The molecule has 4 rings (SSSR count). The summed E-state index contributed by atoms with van der Waals surface area (Å²) in [6, 6.07) is 0. The van der Waals surface area contributed by atoms with E-state index in [9.17, 15) is 9.90 Å². The fourth-order valence-electron chi connectivity index (χ4n) is 7.90. The molecule has 0 spiro atoms. The van der Waals surface area contributed by atoms with Gasteiger partial charge in [-0.05, 0) is 25.0 Å². The van der Waals surface area contributed by atoms with E-state index in [1.807, 2.05) is 13.8 Å². The Kier molecular flexibility index (Phi) is 11.1. The summed E-state index contributed by atoms with van der Waals surface area (Å²) in [5, 5.41) is 11.2. The number of ketones is 1. The number of ether oxygens (including phenoxy) is 6. The van der Waals surface area contributed by atoms with Crippen molar-refractivity contribution >= 4 is 65.7 Å². The molecule has 0 radical (unpaired) electrons. The molecule has 37 heavy (non-hydrogen) atoms. The molecular weight excluding hydrogens is 860 g/mol. The van der Waals surface area contributed by atoms with Crippen LogP contribution in [0, 0.1) is 16.7 Å². The van der Waals surface area contributed by atoms with Crippen molar-refractivity contribution < 1.29 is 43.2 Å². The molecule has 8 nitrogen and oxygen atoms in total. The molecule has 2 saturated carbocycles. The number of hydrogen-bond acceptors (Lipinski definition) is 8. The summed E-state index contributed by atoms with van der Waals surface area (Å²) in [5.41, 5.74) is -1.90. The van der Waals surface area contributed by atoms with Crippen molar-refractivity contribution in [2.45, 2.75) is 82.3 Å². The number of rotatable bonds is 5.